The van der Waals surface area contributed by atoms with Crippen molar-refractivity contribution in [2.24, 2.45) is 0 Å². The van der Waals surface area contributed by atoms with Gasteiger partial charge in [-0.15, -0.1) is 0 Å². The SMILES string of the molecule is CCCc1ccc(Nc2ccnc(NCC)c2)cc1. The van der Waals surface area contributed by atoms with Crippen molar-refractivity contribution < 1.29 is 0 Å². The second kappa shape index (κ2) is 6.78. The number of hydrogen-bond acceptors (Lipinski definition) is 3. The van der Waals surface area contributed by atoms with Gasteiger partial charge in [0.05, 0.1) is 0 Å². The van der Waals surface area contributed by atoms with Crippen LogP contribution < -0.4 is 10.6 Å². The first-order valence-corrected chi connectivity index (χ1v) is 6.87. The summed E-state index contributed by atoms with van der Waals surface area (Å²) in [4.78, 5) is 4.26. The normalized spacial score (nSPS) is 10.2. The summed E-state index contributed by atoms with van der Waals surface area (Å²) in [6.45, 7) is 5.14. The number of anilines is 3. The molecule has 2 rings (SSSR count). The van der Waals surface area contributed by atoms with E-state index >= 15 is 0 Å². The highest BCUT2D eigenvalue weighted by Gasteiger charge is 1.98. The summed E-state index contributed by atoms with van der Waals surface area (Å²) >= 11 is 0. The van der Waals surface area contributed by atoms with Gasteiger partial charge < -0.3 is 10.6 Å². The van der Waals surface area contributed by atoms with E-state index in [4.69, 9.17) is 0 Å². The minimum absolute atomic E-state index is 0.877. The zero-order valence-corrected chi connectivity index (χ0v) is 11.6. The van der Waals surface area contributed by atoms with Gasteiger partial charge in [0.1, 0.15) is 5.82 Å². The lowest BCUT2D eigenvalue weighted by Crippen LogP contribution is -1.99. The lowest BCUT2D eigenvalue weighted by molar-refractivity contribution is 0.922. The largest absolute Gasteiger partial charge is 0.370 e. The minimum atomic E-state index is 0.877. The quantitative estimate of drug-likeness (QED) is 0.812. The first kappa shape index (κ1) is 13.4. The van der Waals surface area contributed by atoms with Gasteiger partial charge in [0.25, 0.3) is 0 Å². The van der Waals surface area contributed by atoms with Crippen LogP contribution in [0.2, 0.25) is 0 Å². The van der Waals surface area contributed by atoms with Gasteiger partial charge in [-0.3, -0.25) is 0 Å². The second-order valence-electron chi connectivity index (χ2n) is 4.53. The highest BCUT2D eigenvalue weighted by molar-refractivity contribution is 5.62. The summed E-state index contributed by atoms with van der Waals surface area (Å²) in [6, 6.07) is 12.6. The van der Waals surface area contributed by atoms with Gasteiger partial charge in [0.2, 0.25) is 0 Å². The fourth-order valence-electron chi connectivity index (χ4n) is 2.00. The van der Waals surface area contributed by atoms with E-state index in [1.807, 2.05) is 18.3 Å². The molecule has 0 unspecified atom stereocenters. The van der Waals surface area contributed by atoms with Crippen LogP contribution in [0.3, 0.4) is 0 Å². The highest BCUT2D eigenvalue weighted by atomic mass is 15.0. The Balaban J connectivity index is 2.05. The average Bonchev–Trinajstić information content (AvgIpc) is 2.42. The Morgan fingerprint density at radius 2 is 1.79 bits per heavy atom. The third-order valence-electron chi connectivity index (χ3n) is 2.90. The van der Waals surface area contributed by atoms with Gasteiger partial charge in [-0.2, -0.15) is 0 Å². The number of rotatable bonds is 6. The Hall–Kier alpha value is -2.03. The Morgan fingerprint density at radius 1 is 1.00 bits per heavy atom. The van der Waals surface area contributed by atoms with Crippen molar-refractivity contribution >= 4 is 17.2 Å². The number of benzene rings is 1. The molecule has 2 N–H and O–H groups in total. The third kappa shape index (κ3) is 3.98. The van der Waals surface area contributed by atoms with E-state index in [9.17, 15) is 0 Å². The van der Waals surface area contributed by atoms with Crippen molar-refractivity contribution in [2.45, 2.75) is 26.7 Å². The molecule has 0 spiro atoms. The summed E-state index contributed by atoms with van der Waals surface area (Å²) in [5, 5.41) is 6.60. The van der Waals surface area contributed by atoms with Gasteiger partial charge in [-0.25, -0.2) is 4.98 Å². The third-order valence-corrected chi connectivity index (χ3v) is 2.90. The van der Waals surface area contributed by atoms with E-state index in [2.05, 4.69) is 53.7 Å². The summed E-state index contributed by atoms with van der Waals surface area (Å²) in [5.74, 6) is 0.898. The second-order valence-corrected chi connectivity index (χ2v) is 4.53. The molecular weight excluding hydrogens is 234 g/mol. The van der Waals surface area contributed by atoms with Crippen molar-refractivity contribution in [2.75, 3.05) is 17.2 Å². The zero-order valence-electron chi connectivity index (χ0n) is 11.6. The van der Waals surface area contributed by atoms with Crippen molar-refractivity contribution in [1.82, 2.24) is 4.98 Å². The monoisotopic (exact) mass is 255 g/mol. The molecule has 0 amide bonds. The number of nitrogens with zero attached hydrogens (tertiary/aromatic N) is 1. The smallest absolute Gasteiger partial charge is 0.127 e. The van der Waals surface area contributed by atoms with Crippen LogP contribution in [0.1, 0.15) is 25.8 Å². The molecule has 0 atom stereocenters. The minimum Gasteiger partial charge on any atom is -0.370 e. The van der Waals surface area contributed by atoms with E-state index in [1.165, 1.54) is 12.0 Å². The van der Waals surface area contributed by atoms with E-state index in [0.29, 0.717) is 0 Å². The molecule has 0 aliphatic heterocycles. The van der Waals surface area contributed by atoms with Gasteiger partial charge in [-0.1, -0.05) is 25.5 Å². The molecule has 1 aromatic heterocycles. The van der Waals surface area contributed by atoms with Crippen LogP contribution in [-0.4, -0.2) is 11.5 Å². The van der Waals surface area contributed by atoms with E-state index < -0.39 is 0 Å². The molecule has 1 aromatic carbocycles. The topological polar surface area (TPSA) is 37.0 Å². The number of pyridine rings is 1. The predicted molar refractivity (Wildman–Crippen MR) is 82.1 cm³/mol. The molecule has 3 nitrogen and oxygen atoms in total. The molecule has 0 saturated heterocycles. The molecule has 1 heterocycles. The molecule has 19 heavy (non-hydrogen) atoms. The lowest BCUT2D eigenvalue weighted by atomic mass is 10.1. The molecule has 0 saturated carbocycles. The molecule has 3 heteroatoms. The summed E-state index contributed by atoms with van der Waals surface area (Å²) in [7, 11) is 0. The molecule has 0 aliphatic carbocycles. The molecule has 2 aromatic rings. The molecular formula is C16H21N3. The zero-order chi connectivity index (χ0) is 13.5. The number of nitrogens with one attached hydrogen (secondary N) is 2. The molecule has 0 aliphatic rings. The van der Waals surface area contributed by atoms with E-state index in [-0.39, 0.29) is 0 Å². The van der Waals surface area contributed by atoms with Crippen molar-refractivity contribution in [3.05, 3.63) is 48.2 Å². The average molecular weight is 255 g/mol. The van der Waals surface area contributed by atoms with Crippen molar-refractivity contribution in [3.8, 4) is 0 Å². The predicted octanol–water partition coefficient (Wildman–Crippen LogP) is 4.21. The van der Waals surface area contributed by atoms with Gasteiger partial charge >= 0.3 is 0 Å². The molecule has 0 bridgehead atoms. The molecule has 100 valence electrons. The van der Waals surface area contributed by atoms with E-state index in [1.54, 1.807) is 0 Å². The Kier molecular flexibility index (Phi) is 4.78. The number of aryl methyl sites for hydroxylation is 1. The van der Waals surface area contributed by atoms with Crippen LogP contribution in [0.5, 0.6) is 0 Å². The van der Waals surface area contributed by atoms with Crippen LogP contribution in [0.4, 0.5) is 17.2 Å². The molecule has 0 radical (unpaired) electrons. The first-order chi connectivity index (χ1) is 9.31. The van der Waals surface area contributed by atoms with Gasteiger partial charge in [0, 0.05) is 30.2 Å². The fourth-order valence-corrected chi connectivity index (χ4v) is 2.00. The fraction of sp³-hybridized carbons (Fsp3) is 0.312. The van der Waals surface area contributed by atoms with Gasteiger partial charge in [-0.05, 0) is 37.1 Å². The Morgan fingerprint density at radius 3 is 2.47 bits per heavy atom. The van der Waals surface area contributed by atoms with Crippen LogP contribution in [-0.2, 0) is 6.42 Å². The van der Waals surface area contributed by atoms with Crippen molar-refractivity contribution in [3.63, 3.8) is 0 Å². The maximum absolute atomic E-state index is 4.26. The van der Waals surface area contributed by atoms with Crippen LogP contribution in [0.15, 0.2) is 42.6 Å². The maximum Gasteiger partial charge on any atom is 0.127 e. The molecule has 0 fully saturated rings. The first-order valence-electron chi connectivity index (χ1n) is 6.87. The summed E-state index contributed by atoms with van der Waals surface area (Å²) in [6.07, 6.45) is 4.13. The Labute approximate surface area is 115 Å². The van der Waals surface area contributed by atoms with Gasteiger partial charge in [0.15, 0.2) is 0 Å². The maximum atomic E-state index is 4.26. The summed E-state index contributed by atoms with van der Waals surface area (Å²) in [5.41, 5.74) is 3.54. The standard InChI is InChI=1S/C16H21N3/c1-3-5-13-6-8-14(9-7-13)19-15-10-11-18-16(12-15)17-4-2/h6-12H,3-5H2,1-2H3,(H2,17,18,19). The number of aromatic nitrogens is 1. The van der Waals surface area contributed by atoms with E-state index in [0.717, 1.165) is 30.2 Å². The van der Waals surface area contributed by atoms with Crippen molar-refractivity contribution in [1.29, 1.82) is 0 Å². The van der Waals surface area contributed by atoms with Crippen LogP contribution >= 0.6 is 0 Å². The summed E-state index contributed by atoms with van der Waals surface area (Å²) < 4.78 is 0. The number of hydrogen-bond donors (Lipinski definition) is 2. The lowest BCUT2D eigenvalue weighted by Gasteiger charge is -2.09. The van der Waals surface area contributed by atoms with Crippen LogP contribution in [0, 0.1) is 0 Å². The highest BCUT2D eigenvalue weighted by Crippen LogP contribution is 2.19. The van der Waals surface area contributed by atoms with Crippen LogP contribution in [0.25, 0.3) is 0 Å². The Bertz CT molecular complexity index is 506.